The molecule has 2 aromatic rings. The quantitative estimate of drug-likeness (QED) is 0.937. The molecule has 1 amide bonds. The number of carbonyl (C=O) groups excluding carboxylic acids is 1. The molecule has 0 saturated heterocycles. The largest absolute Gasteiger partial charge is 0.365 e. The minimum Gasteiger partial charge on any atom is -0.365 e. The van der Waals surface area contributed by atoms with Gasteiger partial charge in [-0.05, 0) is 30.5 Å². The molecule has 0 spiro atoms. The van der Waals surface area contributed by atoms with Gasteiger partial charge >= 0.3 is 0 Å². The summed E-state index contributed by atoms with van der Waals surface area (Å²) in [4.78, 5) is 11.4. The topological polar surface area (TPSA) is 60.9 Å². The highest BCUT2D eigenvalue weighted by Crippen LogP contribution is 2.25. The van der Waals surface area contributed by atoms with Crippen LogP contribution in [0.1, 0.15) is 41.4 Å². The number of aromatic nitrogens is 2. The fraction of sp³-hybridized carbons (Fsp3) is 0.286. The number of nitrogens with zero attached hydrogens (tertiary/aromatic N) is 2. The van der Waals surface area contributed by atoms with Crippen molar-refractivity contribution < 1.29 is 4.79 Å². The molecular formula is C14H16ClN3O. The van der Waals surface area contributed by atoms with Crippen LogP contribution < -0.4 is 5.73 Å². The molecular weight excluding hydrogens is 262 g/mol. The van der Waals surface area contributed by atoms with E-state index in [1.807, 2.05) is 39.0 Å². The van der Waals surface area contributed by atoms with Crippen molar-refractivity contribution in [2.75, 3.05) is 0 Å². The summed E-state index contributed by atoms with van der Waals surface area (Å²) in [7, 11) is 0. The second-order valence-corrected chi connectivity index (χ2v) is 5.21. The molecule has 1 aromatic carbocycles. The van der Waals surface area contributed by atoms with Gasteiger partial charge in [0.25, 0.3) is 5.91 Å². The number of carbonyl (C=O) groups is 1. The predicted octanol–water partition coefficient (Wildman–Crippen LogP) is 3.06. The zero-order valence-electron chi connectivity index (χ0n) is 11.1. The number of aryl methyl sites for hydroxylation is 1. The van der Waals surface area contributed by atoms with Gasteiger partial charge in [0.2, 0.25) is 0 Å². The van der Waals surface area contributed by atoms with Gasteiger partial charge in [0.15, 0.2) is 0 Å². The van der Waals surface area contributed by atoms with Crippen LogP contribution in [0.2, 0.25) is 5.02 Å². The summed E-state index contributed by atoms with van der Waals surface area (Å²) in [6.45, 7) is 5.93. The summed E-state index contributed by atoms with van der Waals surface area (Å²) in [6.07, 6.45) is 1.51. The number of benzene rings is 1. The molecule has 4 nitrogen and oxygen atoms in total. The molecule has 2 N–H and O–H groups in total. The van der Waals surface area contributed by atoms with Gasteiger partial charge in [0, 0.05) is 5.02 Å². The lowest BCUT2D eigenvalue weighted by Crippen LogP contribution is -2.15. The van der Waals surface area contributed by atoms with Gasteiger partial charge in [0.1, 0.15) is 0 Å². The van der Waals surface area contributed by atoms with E-state index < -0.39 is 5.91 Å². The van der Waals surface area contributed by atoms with Gasteiger partial charge in [-0.1, -0.05) is 31.5 Å². The number of primary amides is 1. The lowest BCUT2D eigenvalue weighted by molar-refractivity contribution is 0.0999. The van der Waals surface area contributed by atoms with Crippen molar-refractivity contribution in [1.29, 1.82) is 0 Å². The maximum absolute atomic E-state index is 11.4. The van der Waals surface area contributed by atoms with Crippen molar-refractivity contribution >= 4 is 17.5 Å². The lowest BCUT2D eigenvalue weighted by atomic mass is 10.1. The summed E-state index contributed by atoms with van der Waals surface area (Å²) in [6, 6.07) is 5.68. The average molecular weight is 278 g/mol. The van der Waals surface area contributed by atoms with Crippen LogP contribution in [0.5, 0.6) is 0 Å². The van der Waals surface area contributed by atoms with Crippen molar-refractivity contribution in [2.24, 2.45) is 5.73 Å². The Morgan fingerprint density at radius 1 is 1.42 bits per heavy atom. The first kappa shape index (κ1) is 13.6. The fourth-order valence-corrected chi connectivity index (χ4v) is 2.20. The van der Waals surface area contributed by atoms with Crippen LogP contribution in [0, 0.1) is 6.92 Å². The highest BCUT2D eigenvalue weighted by Gasteiger charge is 2.19. The molecule has 0 unspecified atom stereocenters. The van der Waals surface area contributed by atoms with Crippen LogP contribution in [0.4, 0.5) is 0 Å². The zero-order chi connectivity index (χ0) is 14.2. The van der Waals surface area contributed by atoms with Gasteiger partial charge in [-0.25, -0.2) is 4.68 Å². The zero-order valence-corrected chi connectivity index (χ0v) is 11.9. The molecule has 0 atom stereocenters. The van der Waals surface area contributed by atoms with E-state index in [4.69, 9.17) is 17.3 Å². The monoisotopic (exact) mass is 277 g/mol. The molecule has 2 rings (SSSR count). The van der Waals surface area contributed by atoms with Crippen molar-refractivity contribution in [3.8, 4) is 5.69 Å². The van der Waals surface area contributed by atoms with Crippen molar-refractivity contribution in [1.82, 2.24) is 9.78 Å². The van der Waals surface area contributed by atoms with Gasteiger partial charge in [-0.2, -0.15) is 5.10 Å². The molecule has 100 valence electrons. The Balaban J connectivity index is 2.62. The van der Waals surface area contributed by atoms with Crippen LogP contribution in [0.25, 0.3) is 5.69 Å². The molecule has 0 aliphatic heterocycles. The van der Waals surface area contributed by atoms with Crippen LogP contribution in [0.3, 0.4) is 0 Å². The molecule has 0 bridgehead atoms. The third kappa shape index (κ3) is 2.49. The molecule has 0 aliphatic rings. The Morgan fingerprint density at radius 2 is 2.11 bits per heavy atom. The van der Waals surface area contributed by atoms with Crippen LogP contribution in [-0.2, 0) is 0 Å². The SMILES string of the molecule is Cc1ccc(-n2ncc(C(N)=O)c2C(C)C)cc1Cl. The highest BCUT2D eigenvalue weighted by atomic mass is 35.5. The van der Waals surface area contributed by atoms with Gasteiger partial charge < -0.3 is 5.73 Å². The van der Waals surface area contributed by atoms with E-state index in [-0.39, 0.29) is 5.92 Å². The second-order valence-electron chi connectivity index (χ2n) is 4.81. The van der Waals surface area contributed by atoms with Gasteiger partial charge in [0.05, 0.1) is 23.1 Å². The van der Waals surface area contributed by atoms with E-state index in [1.165, 1.54) is 6.20 Å². The molecule has 19 heavy (non-hydrogen) atoms. The van der Waals surface area contributed by atoms with Crippen molar-refractivity contribution in [3.63, 3.8) is 0 Å². The number of hydrogen-bond donors (Lipinski definition) is 1. The molecule has 0 fully saturated rings. The minimum absolute atomic E-state index is 0.130. The van der Waals surface area contributed by atoms with Gasteiger partial charge in [-0.3, -0.25) is 4.79 Å². The van der Waals surface area contributed by atoms with Crippen LogP contribution >= 0.6 is 11.6 Å². The van der Waals surface area contributed by atoms with E-state index in [0.29, 0.717) is 10.6 Å². The summed E-state index contributed by atoms with van der Waals surface area (Å²) < 4.78 is 1.72. The molecule has 0 radical (unpaired) electrons. The van der Waals surface area contributed by atoms with E-state index >= 15 is 0 Å². The van der Waals surface area contributed by atoms with Crippen LogP contribution in [-0.4, -0.2) is 15.7 Å². The average Bonchev–Trinajstić information content (AvgIpc) is 2.77. The maximum atomic E-state index is 11.4. The first-order valence-corrected chi connectivity index (χ1v) is 6.44. The van der Waals surface area contributed by atoms with E-state index in [1.54, 1.807) is 4.68 Å². The van der Waals surface area contributed by atoms with Crippen LogP contribution in [0.15, 0.2) is 24.4 Å². The Hall–Kier alpha value is -1.81. The molecule has 1 heterocycles. The molecule has 5 heteroatoms. The first-order chi connectivity index (χ1) is 8.91. The van der Waals surface area contributed by atoms with Crippen molar-refractivity contribution in [3.05, 3.63) is 46.2 Å². The number of halogens is 1. The number of nitrogens with two attached hydrogens (primary N) is 1. The van der Waals surface area contributed by atoms with E-state index in [0.717, 1.165) is 16.9 Å². The van der Waals surface area contributed by atoms with Gasteiger partial charge in [-0.15, -0.1) is 0 Å². The number of hydrogen-bond acceptors (Lipinski definition) is 2. The smallest absolute Gasteiger partial charge is 0.252 e. The van der Waals surface area contributed by atoms with E-state index in [9.17, 15) is 4.79 Å². The Bertz CT molecular complexity index is 632. The third-order valence-corrected chi connectivity index (χ3v) is 3.43. The molecule has 0 saturated carbocycles. The predicted molar refractivity (Wildman–Crippen MR) is 75.9 cm³/mol. The fourth-order valence-electron chi connectivity index (χ4n) is 2.02. The minimum atomic E-state index is -0.465. The highest BCUT2D eigenvalue weighted by molar-refractivity contribution is 6.31. The maximum Gasteiger partial charge on any atom is 0.252 e. The Labute approximate surface area is 117 Å². The first-order valence-electron chi connectivity index (χ1n) is 6.06. The number of amides is 1. The Morgan fingerprint density at radius 3 is 2.63 bits per heavy atom. The van der Waals surface area contributed by atoms with E-state index in [2.05, 4.69) is 5.10 Å². The summed E-state index contributed by atoms with van der Waals surface area (Å²) in [5.74, 6) is -0.335. The van der Waals surface area contributed by atoms with Crippen molar-refractivity contribution in [2.45, 2.75) is 26.7 Å². The molecule has 1 aromatic heterocycles. The third-order valence-electron chi connectivity index (χ3n) is 3.02. The standard InChI is InChI=1S/C14H16ClN3O/c1-8(2)13-11(14(16)19)7-17-18(13)10-5-4-9(3)12(15)6-10/h4-8H,1-3H3,(H2,16,19). The normalized spacial score (nSPS) is 11.0. The second kappa shape index (κ2) is 5.05. The summed E-state index contributed by atoms with van der Waals surface area (Å²) in [5, 5.41) is 4.93. The number of rotatable bonds is 3. The Kier molecular flexibility index (Phi) is 3.62. The molecule has 0 aliphatic carbocycles. The lowest BCUT2D eigenvalue weighted by Gasteiger charge is -2.12. The summed E-state index contributed by atoms with van der Waals surface area (Å²) >= 11 is 6.13. The summed E-state index contributed by atoms with van der Waals surface area (Å²) in [5.41, 5.74) is 8.45.